The lowest BCUT2D eigenvalue weighted by molar-refractivity contribution is -0.121. The van der Waals surface area contributed by atoms with Gasteiger partial charge in [-0.15, -0.1) is 0 Å². The predicted octanol–water partition coefficient (Wildman–Crippen LogP) is 3.47. The van der Waals surface area contributed by atoms with E-state index < -0.39 is 12.1 Å². The molecule has 0 saturated heterocycles. The molecule has 132 valence electrons. The minimum Gasteiger partial charge on any atom is -0.355 e. The third-order valence-corrected chi connectivity index (χ3v) is 4.48. The van der Waals surface area contributed by atoms with Crippen molar-refractivity contribution in [3.8, 4) is 0 Å². The molecule has 2 atom stereocenters. The van der Waals surface area contributed by atoms with Gasteiger partial charge in [-0.2, -0.15) is 0 Å². The highest BCUT2D eigenvalue weighted by molar-refractivity contribution is 9.10. The van der Waals surface area contributed by atoms with Gasteiger partial charge < -0.3 is 16.4 Å². The van der Waals surface area contributed by atoms with Crippen molar-refractivity contribution in [1.82, 2.24) is 10.6 Å². The summed E-state index contributed by atoms with van der Waals surface area (Å²) < 4.78 is 0.926. The Kier molecular flexibility index (Phi) is 7.01. The Labute approximate surface area is 156 Å². The number of hydrogen-bond acceptors (Lipinski definition) is 2. The minimum atomic E-state index is -0.654. The largest absolute Gasteiger partial charge is 0.355 e. The Morgan fingerprint density at radius 1 is 1.04 bits per heavy atom. The average molecular weight is 404 g/mol. The van der Waals surface area contributed by atoms with Gasteiger partial charge in [0.25, 0.3) is 0 Å². The zero-order chi connectivity index (χ0) is 18.2. The first-order chi connectivity index (χ1) is 12.0. The molecule has 0 unspecified atom stereocenters. The molecule has 0 radical (unpaired) electrons. The Morgan fingerprint density at radius 2 is 1.68 bits per heavy atom. The van der Waals surface area contributed by atoms with Crippen molar-refractivity contribution in [1.29, 1.82) is 0 Å². The maximum Gasteiger partial charge on any atom is 0.312 e. The Balaban J connectivity index is 1.94. The van der Waals surface area contributed by atoms with Gasteiger partial charge in [0.15, 0.2) is 0 Å². The van der Waals surface area contributed by atoms with Gasteiger partial charge >= 0.3 is 6.03 Å². The number of urea groups is 1. The van der Waals surface area contributed by atoms with Crippen LogP contribution in [0, 0.1) is 0 Å². The third kappa shape index (κ3) is 6.23. The van der Waals surface area contributed by atoms with E-state index in [9.17, 15) is 9.59 Å². The van der Waals surface area contributed by atoms with E-state index in [1.807, 2.05) is 54.6 Å². The number of carbonyl (C=O) groups excluding carboxylic acids is 2. The number of halogens is 1. The first-order valence-electron chi connectivity index (χ1n) is 8.08. The minimum absolute atomic E-state index is 0.131. The second-order valence-corrected chi connectivity index (χ2v) is 6.85. The van der Waals surface area contributed by atoms with Gasteiger partial charge in [0.1, 0.15) is 0 Å². The summed E-state index contributed by atoms with van der Waals surface area (Å²) in [4.78, 5) is 23.6. The highest BCUT2D eigenvalue weighted by Crippen LogP contribution is 2.20. The standard InChI is InChI=1S/C19H22BrN3O2/c1-13(14-5-3-2-4-6-14)12-22-18(24)11-17(23-19(21)25)15-7-9-16(20)10-8-15/h2-10,13,17H,11-12H2,1H3,(H,22,24)(H3,21,23,25)/t13-,17+/m0/s1. The second kappa shape index (κ2) is 9.22. The van der Waals surface area contributed by atoms with Crippen molar-refractivity contribution in [2.24, 2.45) is 5.73 Å². The van der Waals surface area contributed by atoms with Crippen molar-refractivity contribution in [3.63, 3.8) is 0 Å². The number of amides is 3. The topological polar surface area (TPSA) is 84.2 Å². The summed E-state index contributed by atoms with van der Waals surface area (Å²) in [5, 5.41) is 5.55. The summed E-state index contributed by atoms with van der Waals surface area (Å²) >= 11 is 3.37. The van der Waals surface area contributed by atoms with Gasteiger partial charge in [-0.1, -0.05) is 65.3 Å². The quantitative estimate of drug-likeness (QED) is 0.660. The van der Waals surface area contributed by atoms with Crippen LogP contribution in [-0.2, 0) is 4.79 Å². The molecule has 0 aliphatic heterocycles. The van der Waals surface area contributed by atoms with Gasteiger partial charge in [-0.05, 0) is 29.2 Å². The molecule has 0 saturated carbocycles. The molecule has 5 nitrogen and oxygen atoms in total. The predicted molar refractivity (Wildman–Crippen MR) is 102 cm³/mol. The number of hydrogen-bond donors (Lipinski definition) is 3. The lowest BCUT2D eigenvalue weighted by atomic mass is 10.0. The molecule has 0 heterocycles. The SMILES string of the molecule is C[C@@H](CNC(=O)C[C@@H](NC(N)=O)c1ccc(Br)cc1)c1ccccc1. The Bertz CT molecular complexity index is 704. The van der Waals surface area contributed by atoms with Crippen LogP contribution in [0.1, 0.15) is 36.4 Å². The van der Waals surface area contributed by atoms with E-state index in [0.29, 0.717) is 6.54 Å². The molecular weight excluding hydrogens is 382 g/mol. The fourth-order valence-electron chi connectivity index (χ4n) is 2.54. The van der Waals surface area contributed by atoms with Gasteiger partial charge in [-0.3, -0.25) is 4.79 Å². The molecule has 0 aromatic heterocycles. The molecule has 2 aromatic rings. The third-order valence-electron chi connectivity index (χ3n) is 3.95. The fraction of sp³-hybridized carbons (Fsp3) is 0.263. The highest BCUT2D eigenvalue weighted by atomic mass is 79.9. The molecule has 2 aromatic carbocycles. The van der Waals surface area contributed by atoms with E-state index in [0.717, 1.165) is 10.0 Å². The maximum absolute atomic E-state index is 12.3. The molecule has 6 heteroatoms. The Hall–Kier alpha value is -2.34. The van der Waals surface area contributed by atoms with Crippen LogP contribution in [0.4, 0.5) is 4.79 Å². The van der Waals surface area contributed by atoms with Crippen LogP contribution in [0.3, 0.4) is 0 Å². The molecule has 3 amide bonds. The molecule has 0 spiro atoms. The molecule has 0 aliphatic carbocycles. The number of benzene rings is 2. The van der Waals surface area contributed by atoms with Crippen molar-refractivity contribution in [2.75, 3.05) is 6.54 Å². The monoisotopic (exact) mass is 403 g/mol. The van der Waals surface area contributed by atoms with Crippen LogP contribution in [0.15, 0.2) is 59.1 Å². The summed E-state index contributed by atoms with van der Waals surface area (Å²) in [5.74, 6) is 0.0739. The van der Waals surface area contributed by atoms with Gasteiger partial charge in [0.2, 0.25) is 5.91 Å². The molecule has 25 heavy (non-hydrogen) atoms. The van der Waals surface area contributed by atoms with Crippen LogP contribution in [0.5, 0.6) is 0 Å². The van der Waals surface area contributed by atoms with E-state index >= 15 is 0 Å². The van der Waals surface area contributed by atoms with Crippen LogP contribution >= 0.6 is 15.9 Å². The number of primary amides is 1. The summed E-state index contributed by atoms with van der Waals surface area (Å²) in [5.41, 5.74) is 7.24. The number of rotatable bonds is 7. The number of nitrogens with one attached hydrogen (secondary N) is 2. The van der Waals surface area contributed by atoms with Crippen LogP contribution in [0.2, 0.25) is 0 Å². The zero-order valence-electron chi connectivity index (χ0n) is 14.0. The number of carbonyl (C=O) groups is 2. The summed E-state index contributed by atoms with van der Waals surface area (Å²) in [7, 11) is 0. The van der Waals surface area contributed by atoms with Gasteiger partial charge in [0, 0.05) is 11.0 Å². The van der Waals surface area contributed by atoms with Crippen LogP contribution in [0.25, 0.3) is 0 Å². The second-order valence-electron chi connectivity index (χ2n) is 5.93. The van der Waals surface area contributed by atoms with Crippen molar-refractivity contribution >= 4 is 27.9 Å². The first-order valence-corrected chi connectivity index (χ1v) is 8.88. The molecule has 2 rings (SSSR count). The smallest absolute Gasteiger partial charge is 0.312 e. The van der Waals surface area contributed by atoms with Crippen molar-refractivity contribution in [3.05, 3.63) is 70.2 Å². The average Bonchev–Trinajstić information content (AvgIpc) is 2.60. The van der Waals surface area contributed by atoms with E-state index in [1.54, 1.807) is 0 Å². The maximum atomic E-state index is 12.3. The van der Waals surface area contributed by atoms with Crippen molar-refractivity contribution < 1.29 is 9.59 Å². The first kappa shape index (κ1) is 19.0. The van der Waals surface area contributed by atoms with E-state index in [1.165, 1.54) is 5.56 Å². The molecule has 0 fully saturated rings. The van der Waals surface area contributed by atoms with E-state index in [2.05, 4.69) is 33.5 Å². The summed E-state index contributed by atoms with van der Waals surface area (Å²) in [6, 6.07) is 16.3. The fourth-order valence-corrected chi connectivity index (χ4v) is 2.81. The normalized spacial score (nSPS) is 12.9. The van der Waals surface area contributed by atoms with Gasteiger partial charge in [0.05, 0.1) is 12.5 Å². The summed E-state index contributed by atoms with van der Waals surface area (Å²) in [6.45, 7) is 2.59. The van der Waals surface area contributed by atoms with E-state index in [4.69, 9.17) is 5.73 Å². The molecule has 0 aliphatic rings. The molecular formula is C19H22BrN3O2. The summed E-state index contributed by atoms with van der Waals surface area (Å²) in [6.07, 6.45) is 0.131. The lowest BCUT2D eigenvalue weighted by Gasteiger charge is -2.19. The molecule has 0 bridgehead atoms. The van der Waals surface area contributed by atoms with E-state index in [-0.39, 0.29) is 18.2 Å². The molecule has 4 N–H and O–H groups in total. The zero-order valence-corrected chi connectivity index (χ0v) is 15.6. The van der Waals surface area contributed by atoms with Crippen LogP contribution < -0.4 is 16.4 Å². The number of nitrogens with two attached hydrogens (primary N) is 1. The van der Waals surface area contributed by atoms with Gasteiger partial charge in [-0.25, -0.2) is 4.79 Å². The Morgan fingerprint density at radius 3 is 2.28 bits per heavy atom. The lowest BCUT2D eigenvalue weighted by Crippen LogP contribution is -2.37. The van der Waals surface area contributed by atoms with Crippen LogP contribution in [-0.4, -0.2) is 18.5 Å². The van der Waals surface area contributed by atoms with Crippen molar-refractivity contribution in [2.45, 2.75) is 25.3 Å². The highest BCUT2D eigenvalue weighted by Gasteiger charge is 2.18.